The van der Waals surface area contributed by atoms with Gasteiger partial charge in [-0.25, -0.2) is 4.79 Å². The van der Waals surface area contributed by atoms with Crippen molar-refractivity contribution in [1.82, 2.24) is 19.6 Å². The van der Waals surface area contributed by atoms with Crippen LogP contribution in [-0.4, -0.2) is 104 Å². The van der Waals surface area contributed by atoms with Crippen LogP contribution in [0.3, 0.4) is 0 Å². The summed E-state index contributed by atoms with van der Waals surface area (Å²) >= 11 is 25.0. The third-order valence-corrected chi connectivity index (χ3v) is 9.18. The second-order valence-corrected chi connectivity index (χ2v) is 12.6. The molecule has 0 bridgehead atoms. The minimum Gasteiger partial charge on any atom is -0.399 e. The Morgan fingerprint density at radius 2 is 1.71 bits per heavy atom. The molecular weight excluding hydrogens is 620 g/mol. The van der Waals surface area contributed by atoms with Gasteiger partial charge >= 0.3 is 6.03 Å². The van der Waals surface area contributed by atoms with Gasteiger partial charge in [-0.15, -0.1) is 0 Å². The fourth-order valence-electron chi connectivity index (χ4n) is 5.78. The summed E-state index contributed by atoms with van der Waals surface area (Å²) in [5.41, 5.74) is 2.00. The predicted octanol–water partition coefficient (Wildman–Crippen LogP) is 6.77. The molecule has 0 aromatic heterocycles. The van der Waals surface area contributed by atoms with Crippen molar-refractivity contribution in [3.63, 3.8) is 0 Å². The Morgan fingerprint density at radius 3 is 2.36 bits per heavy atom. The molecule has 4 rings (SSSR count). The largest absolute Gasteiger partial charge is 0.399 e. The van der Waals surface area contributed by atoms with Crippen LogP contribution in [0.15, 0.2) is 41.6 Å². The highest BCUT2D eigenvalue weighted by atomic mass is 35.5. The van der Waals surface area contributed by atoms with Gasteiger partial charge in [0.1, 0.15) is 7.11 Å². The van der Waals surface area contributed by atoms with Crippen LogP contribution in [0.5, 0.6) is 0 Å². The van der Waals surface area contributed by atoms with E-state index in [0.29, 0.717) is 31.4 Å². The molecule has 0 saturated carbocycles. The number of piperidine rings is 1. The molecule has 2 aliphatic heterocycles. The number of amides is 3. The number of oxime groups is 1. The number of rotatable bonds is 10. The molecule has 2 aliphatic rings. The van der Waals surface area contributed by atoms with E-state index >= 15 is 0 Å². The Balaban J connectivity index is 1.48. The number of benzene rings is 2. The fourth-order valence-corrected chi connectivity index (χ4v) is 6.61. The first kappa shape index (κ1) is 32.7. The summed E-state index contributed by atoms with van der Waals surface area (Å²) in [5.74, 6) is -0.427. The summed E-state index contributed by atoms with van der Waals surface area (Å²) in [6.45, 7) is 4.47. The van der Waals surface area contributed by atoms with Gasteiger partial charge in [-0.2, -0.15) is 0 Å². The van der Waals surface area contributed by atoms with E-state index in [1.54, 1.807) is 36.2 Å². The molecule has 3 amide bonds. The standard InChI is InChI=1S/C30H37Cl4N5O3/c1-36-10-4-11-39(30(36)41)24-7-12-38(13-8-24)14-9-25(20-5-6-26(33)27(34)17-20)28(35-42-3)19-37(2)29(40)21-15-22(31)18-23(32)16-21/h5-6,15-18,24-25H,4,7-14,19H2,1-3H3/b35-28-. The van der Waals surface area contributed by atoms with E-state index in [0.717, 1.165) is 64.0 Å². The second kappa shape index (κ2) is 15.0. The average molecular weight is 657 g/mol. The molecule has 228 valence electrons. The highest BCUT2D eigenvalue weighted by Crippen LogP contribution is 2.31. The summed E-state index contributed by atoms with van der Waals surface area (Å²) in [6, 6.07) is 10.7. The maximum Gasteiger partial charge on any atom is 0.319 e. The van der Waals surface area contributed by atoms with Crippen molar-refractivity contribution in [2.75, 3.05) is 60.5 Å². The minimum absolute atomic E-state index is 0.138. The van der Waals surface area contributed by atoms with Crippen molar-refractivity contribution in [2.24, 2.45) is 5.16 Å². The third kappa shape index (κ3) is 8.23. The summed E-state index contributed by atoms with van der Waals surface area (Å²) in [7, 11) is 5.08. The van der Waals surface area contributed by atoms with Gasteiger partial charge in [0.2, 0.25) is 0 Å². The fraction of sp³-hybridized carbons (Fsp3) is 0.500. The summed E-state index contributed by atoms with van der Waals surface area (Å²) < 4.78 is 0. The van der Waals surface area contributed by atoms with Crippen LogP contribution < -0.4 is 0 Å². The molecule has 0 N–H and O–H groups in total. The van der Waals surface area contributed by atoms with Gasteiger partial charge < -0.3 is 24.4 Å². The summed E-state index contributed by atoms with van der Waals surface area (Å²) in [5, 5.41) is 6.08. The maximum atomic E-state index is 13.3. The van der Waals surface area contributed by atoms with E-state index < -0.39 is 0 Å². The number of carbonyl (C=O) groups is 2. The summed E-state index contributed by atoms with van der Waals surface area (Å²) in [4.78, 5) is 39.1. The van der Waals surface area contributed by atoms with Gasteiger partial charge in [-0.05, 0) is 68.1 Å². The normalized spacial score (nSPS) is 17.9. The zero-order valence-corrected chi connectivity index (χ0v) is 27.2. The second-order valence-electron chi connectivity index (χ2n) is 10.9. The quantitative estimate of drug-likeness (QED) is 0.209. The van der Waals surface area contributed by atoms with E-state index in [2.05, 4.69) is 10.1 Å². The Kier molecular flexibility index (Phi) is 11.7. The van der Waals surface area contributed by atoms with Crippen LogP contribution in [0.25, 0.3) is 0 Å². The first-order chi connectivity index (χ1) is 20.1. The van der Waals surface area contributed by atoms with Crippen molar-refractivity contribution in [1.29, 1.82) is 0 Å². The number of hydrogen-bond donors (Lipinski definition) is 0. The maximum absolute atomic E-state index is 13.3. The molecule has 0 spiro atoms. The first-order valence-corrected chi connectivity index (χ1v) is 15.6. The third-order valence-electron chi connectivity index (χ3n) is 8.01. The Morgan fingerprint density at radius 1 is 1.02 bits per heavy atom. The van der Waals surface area contributed by atoms with Crippen LogP contribution >= 0.6 is 46.4 Å². The van der Waals surface area contributed by atoms with Crippen molar-refractivity contribution in [3.8, 4) is 0 Å². The summed E-state index contributed by atoms with van der Waals surface area (Å²) in [6.07, 6.45) is 3.61. The van der Waals surface area contributed by atoms with Crippen LogP contribution in [0.2, 0.25) is 20.1 Å². The Hall–Kier alpha value is -2.23. The highest BCUT2D eigenvalue weighted by molar-refractivity contribution is 6.42. The van der Waals surface area contributed by atoms with Crippen molar-refractivity contribution in [3.05, 3.63) is 67.6 Å². The molecule has 2 aromatic carbocycles. The van der Waals surface area contributed by atoms with Gasteiger partial charge in [-0.1, -0.05) is 57.6 Å². The van der Waals surface area contributed by atoms with Gasteiger partial charge in [-0.3, -0.25) is 4.79 Å². The van der Waals surface area contributed by atoms with Gasteiger partial charge in [0.15, 0.2) is 0 Å². The monoisotopic (exact) mass is 655 g/mol. The zero-order valence-electron chi connectivity index (χ0n) is 24.2. The van der Waals surface area contributed by atoms with E-state index in [1.165, 1.54) is 7.11 Å². The number of hydrogen-bond acceptors (Lipinski definition) is 5. The number of urea groups is 1. The molecule has 8 nitrogen and oxygen atoms in total. The van der Waals surface area contributed by atoms with Gasteiger partial charge in [0.05, 0.1) is 22.3 Å². The molecule has 1 atom stereocenters. The van der Waals surface area contributed by atoms with E-state index in [9.17, 15) is 9.59 Å². The predicted molar refractivity (Wildman–Crippen MR) is 170 cm³/mol. The molecule has 2 fully saturated rings. The molecular formula is C30H37Cl4N5O3. The number of nitrogens with zero attached hydrogens (tertiary/aromatic N) is 5. The van der Waals surface area contributed by atoms with Crippen LogP contribution in [-0.2, 0) is 4.84 Å². The first-order valence-electron chi connectivity index (χ1n) is 14.1. The minimum atomic E-state index is -0.240. The molecule has 0 radical (unpaired) electrons. The topological polar surface area (TPSA) is 68.7 Å². The Labute approximate surface area is 268 Å². The molecule has 2 aromatic rings. The lowest BCUT2D eigenvalue weighted by Crippen LogP contribution is -2.54. The molecule has 2 saturated heterocycles. The number of likely N-dealkylation sites (tertiary alicyclic amines) is 1. The van der Waals surface area contributed by atoms with Gasteiger partial charge in [0.25, 0.3) is 5.91 Å². The van der Waals surface area contributed by atoms with E-state index in [4.69, 9.17) is 51.2 Å². The molecule has 0 aliphatic carbocycles. The van der Waals surface area contributed by atoms with E-state index in [-0.39, 0.29) is 30.4 Å². The van der Waals surface area contributed by atoms with Crippen LogP contribution in [0.4, 0.5) is 4.79 Å². The lowest BCUT2D eigenvalue weighted by molar-refractivity contribution is 0.0812. The highest BCUT2D eigenvalue weighted by Gasteiger charge is 2.32. The molecule has 2 heterocycles. The zero-order chi connectivity index (χ0) is 30.4. The molecule has 1 unspecified atom stereocenters. The Bertz CT molecular complexity index is 1280. The van der Waals surface area contributed by atoms with E-state index in [1.807, 2.05) is 29.0 Å². The molecule has 12 heteroatoms. The van der Waals surface area contributed by atoms with Crippen molar-refractivity contribution >= 4 is 64.1 Å². The SMILES string of the molecule is CO/N=C(/CN(C)C(=O)c1cc(Cl)cc(Cl)c1)C(CCN1CCC(N2CCCN(C)C2=O)CC1)c1ccc(Cl)c(Cl)c1. The van der Waals surface area contributed by atoms with Gasteiger partial charge in [0, 0.05) is 67.8 Å². The smallest absolute Gasteiger partial charge is 0.319 e. The van der Waals surface area contributed by atoms with Crippen molar-refractivity contribution < 1.29 is 14.4 Å². The molecule has 42 heavy (non-hydrogen) atoms. The number of halogens is 4. The van der Waals surface area contributed by atoms with Crippen molar-refractivity contribution in [2.45, 2.75) is 37.6 Å². The van der Waals surface area contributed by atoms with Crippen LogP contribution in [0, 0.1) is 0 Å². The lowest BCUT2D eigenvalue weighted by Gasteiger charge is -2.42. The lowest BCUT2D eigenvalue weighted by atomic mass is 9.89. The average Bonchev–Trinajstić information content (AvgIpc) is 2.96. The number of carbonyl (C=O) groups excluding carboxylic acids is 2. The van der Waals surface area contributed by atoms with Crippen LogP contribution in [0.1, 0.15) is 47.5 Å².